The molecular formula is C15H21BrN2O. The van der Waals surface area contributed by atoms with Gasteiger partial charge >= 0.3 is 0 Å². The first kappa shape index (κ1) is 14.5. The Balaban J connectivity index is 1.99. The second kappa shape index (κ2) is 6.53. The summed E-state index contributed by atoms with van der Waals surface area (Å²) >= 11 is 3.56. The van der Waals surface area contributed by atoms with Crippen molar-refractivity contribution in [2.24, 2.45) is 5.92 Å². The lowest BCUT2D eigenvalue weighted by atomic mass is 10.1. The van der Waals surface area contributed by atoms with Crippen molar-refractivity contribution in [3.8, 4) is 0 Å². The molecule has 1 saturated heterocycles. The SMILES string of the molecule is CC(C)CN1CCN(c2ccc(C=O)cc2Br)CC1. The quantitative estimate of drug-likeness (QED) is 0.795. The van der Waals surface area contributed by atoms with Gasteiger partial charge in [0.25, 0.3) is 0 Å². The van der Waals surface area contributed by atoms with Crippen molar-refractivity contribution in [1.82, 2.24) is 4.90 Å². The fraction of sp³-hybridized carbons (Fsp3) is 0.533. The van der Waals surface area contributed by atoms with E-state index in [-0.39, 0.29) is 0 Å². The Morgan fingerprint density at radius 3 is 2.47 bits per heavy atom. The number of carbonyl (C=O) groups excluding carboxylic acids is 1. The maximum absolute atomic E-state index is 10.8. The topological polar surface area (TPSA) is 23.6 Å². The number of nitrogens with zero attached hydrogens (tertiary/aromatic N) is 2. The zero-order chi connectivity index (χ0) is 13.8. The normalized spacial score (nSPS) is 16.9. The lowest BCUT2D eigenvalue weighted by Gasteiger charge is -2.37. The van der Waals surface area contributed by atoms with Gasteiger partial charge in [-0.15, -0.1) is 0 Å². The van der Waals surface area contributed by atoms with Gasteiger partial charge < -0.3 is 4.90 Å². The summed E-state index contributed by atoms with van der Waals surface area (Å²) in [5.74, 6) is 0.727. The zero-order valence-electron chi connectivity index (χ0n) is 11.6. The first-order valence-corrected chi connectivity index (χ1v) is 7.61. The Kier molecular flexibility index (Phi) is 4.99. The molecule has 0 aromatic heterocycles. The number of halogens is 1. The Bertz CT molecular complexity index is 440. The number of hydrogen-bond donors (Lipinski definition) is 0. The van der Waals surface area contributed by atoms with Gasteiger partial charge in [-0.3, -0.25) is 9.69 Å². The van der Waals surface area contributed by atoms with Crippen molar-refractivity contribution < 1.29 is 4.79 Å². The van der Waals surface area contributed by atoms with Crippen molar-refractivity contribution in [2.45, 2.75) is 13.8 Å². The van der Waals surface area contributed by atoms with E-state index in [2.05, 4.69) is 39.6 Å². The molecule has 0 amide bonds. The molecule has 1 aliphatic heterocycles. The van der Waals surface area contributed by atoms with Gasteiger partial charge in [-0.05, 0) is 40.0 Å². The summed E-state index contributed by atoms with van der Waals surface area (Å²) in [6.07, 6.45) is 0.884. The van der Waals surface area contributed by atoms with Gasteiger partial charge in [-0.1, -0.05) is 13.8 Å². The van der Waals surface area contributed by atoms with Crippen LogP contribution in [-0.4, -0.2) is 43.9 Å². The van der Waals surface area contributed by atoms with E-state index in [4.69, 9.17) is 0 Å². The first-order chi connectivity index (χ1) is 9.10. The molecule has 1 heterocycles. The van der Waals surface area contributed by atoms with Crippen molar-refractivity contribution in [3.05, 3.63) is 28.2 Å². The highest BCUT2D eigenvalue weighted by atomic mass is 79.9. The molecule has 104 valence electrons. The van der Waals surface area contributed by atoms with Gasteiger partial charge in [0.2, 0.25) is 0 Å². The molecule has 0 bridgehead atoms. The molecule has 19 heavy (non-hydrogen) atoms. The lowest BCUT2D eigenvalue weighted by Crippen LogP contribution is -2.47. The van der Waals surface area contributed by atoms with Crippen LogP contribution in [0.2, 0.25) is 0 Å². The number of rotatable bonds is 4. The fourth-order valence-electron chi connectivity index (χ4n) is 2.54. The minimum Gasteiger partial charge on any atom is -0.368 e. The van der Waals surface area contributed by atoms with E-state index in [1.54, 1.807) is 0 Å². The Labute approximate surface area is 123 Å². The molecule has 1 aliphatic rings. The van der Waals surface area contributed by atoms with Crippen LogP contribution in [-0.2, 0) is 0 Å². The highest BCUT2D eigenvalue weighted by Crippen LogP contribution is 2.27. The number of anilines is 1. The predicted octanol–water partition coefficient (Wildman–Crippen LogP) is 3.04. The van der Waals surface area contributed by atoms with Gasteiger partial charge in [0.1, 0.15) is 6.29 Å². The minimum atomic E-state index is 0.717. The maximum atomic E-state index is 10.8. The van der Waals surface area contributed by atoms with Crippen LogP contribution in [0.25, 0.3) is 0 Å². The van der Waals surface area contributed by atoms with E-state index in [9.17, 15) is 4.79 Å². The molecule has 0 saturated carbocycles. The highest BCUT2D eigenvalue weighted by molar-refractivity contribution is 9.10. The second-order valence-corrected chi connectivity index (χ2v) is 6.36. The van der Waals surface area contributed by atoms with Crippen LogP contribution < -0.4 is 4.90 Å². The minimum absolute atomic E-state index is 0.717. The summed E-state index contributed by atoms with van der Waals surface area (Å²) in [6, 6.07) is 5.81. The summed E-state index contributed by atoms with van der Waals surface area (Å²) < 4.78 is 1.01. The van der Waals surface area contributed by atoms with Gasteiger partial charge in [0, 0.05) is 42.8 Å². The predicted molar refractivity (Wildman–Crippen MR) is 83.0 cm³/mol. The Hall–Kier alpha value is -0.870. The lowest BCUT2D eigenvalue weighted by molar-refractivity contribution is 0.112. The third kappa shape index (κ3) is 3.80. The molecule has 0 spiro atoms. The van der Waals surface area contributed by atoms with Gasteiger partial charge in [0.15, 0.2) is 0 Å². The summed E-state index contributed by atoms with van der Waals surface area (Å²) in [4.78, 5) is 15.7. The average Bonchev–Trinajstić information content (AvgIpc) is 2.39. The van der Waals surface area contributed by atoms with E-state index >= 15 is 0 Å². The molecule has 0 unspecified atom stereocenters. The molecule has 1 aromatic rings. The van der Waals surface area contributed by atoms with E-state index < -0.39 is 0 Å². The van der Waals surface area contributed by atoms with Crippen LogP contribution in [0.15, 0.2) is 22.7 Å². The van der Waals surface area contributed by atoms with Crippen LogP contribution in [0.5, 0.6) is 0 Å². The molecule has 0 radical (unpaired) electrons. The van der Waals surface area contributed by atoms with Crippen LogP contribution in [0, 0.1) is 5.92 Å². The van der Waals surface area contributed by atoms with Crippen molar-refractivity contribution in [3.63, 3.8) is 0 Å². The third-order valence-corrected chi connectivity index (χ3v) is 4.08. The second-order valence-electron chi connectivity index (χ2n) is 5.51. The third-order valence-electron chi connectivity index (χ3n) is 3.44. The van der Waals surface area contributed by atoms with Gasteiger partial charge in [0.05, 0.1) is 5.69 Å². The van der Waals surface area contributed by atoms with Crippen LogP contribution >= 0.6 is 15.9 Å². The molecule has 0 aliphatic carbocycles. The smallest absolute Gasteiger partial charge is 0.150 e. The number of piperazine rings is 1. The molecule has 1 aromatic carbocycles. The summed E-state index contributed by atoms with van der Waals surface area (Å²) in [7, 11) is 0. The monoisotopic (exact) mass is 324 g/mol. The number of carbonyl (C=O) groups is 1. The van der Waals surface area contributed by atoms with Crippen LogP contribution in [0.1, 0.15) is 24.2 Å². The average molecular weight is 325 g/mol. The molecule has 3 nitrogen and oxygen atoms in total. The fourth-order valence-corrected chi connectivity index (χ4v) is 3.19. The van der Waals surface area contributed by atoms with E-state index in [0.29, 0.717) is 5.56 Å². The Morgan fingerprint density at radius 2 is 1.95 bits per heavy atom. The maximum Gasteiger partial charge on any atom is 0.150 e. The number of benzene rings is 1. The molecule has 1 fully saturated rings. The first-order valence-electron chi connectivity index (χ1n) is 6.82. The number of hydrogen-bond acceptors (Lipinski definition) is 3. The summed E-state index contributed by atoms with van der Waals surface area (Å²) in [5.41, 5.74) is 1.91. The summed E-state index contributed by atoms with van der Waals surface area (Å²) in [5, 5.41) is 0. The van der Waals surface area contributed by atoms with Gasteiger partial charge in [-0.25, -0.2) is 0 Å². The van der Waals surface area contributed by atoms with Crippen molar-refractivity contribution in [1.29, 1.82) is 0 Å². The molecule has 4 heteroatoms. The van der Waals surface area contributed by atoms with E-state index in [1.165, 1.54) is 12.2 Å². The summed E-state index contributed by atoms with van der Waals surface area (Å²) in [6.45, 7) is 10.0. The van der Waals surface area contributed by atoms with E-state index in [1.807, 2.05) is 18.2 Å². The molecule has 2 rings (SSSR count). The highest BCUT2D eigenvalue weighted by Gasteiger charge is 2.19. The van der Waals surface area contributed by atoms with Crippen molar-refractivity contribution in [2.75, 3.05) is 37.6 Å². The number of aldehydes is 1. The van der Waals surface area contributed by atoms with Gasteiger partial charge in [-0.2, -0.15) is 0 Å². The Morgan fingerprint density at radius 1 is 1.26 bits per heavy atom. The molecular weight excluding hydrogens is 304 g/mol. The van der Waals surface area contributed by atoms with E-state index in [0.717, 1.165) is 42.9 Å². The van der Waals surface area contributed by atoms with Crippen LogP contribution in [0.4, 0.5) is 5.69 Å². The van der Waals surface area contributed by atoms with Crippen LogP contribution in [0.3, 0.4) is 0 Å². The largest absolute Gasteiger partial charge is 0.368 e. The molecule has 0 N–H and O–H groups in total. The zero-order valence-corrected chi connectivity index (χ0v) is 13.2. The molecule has 0 atom stereocenters. The standard InChI is InChI=1S/C15H21BrN2O/c1-12(2)10-17-5-7-18(8-6-17)15-4-3-13(11-19)9-14(15)16/h3-4,9,11-12H,5-8,10H2,1-2H3. The van der Waals surface area contributed by atoms with Crippen molar-refractivity contribution >= 4 is 27.9 Å².